The molecule has 1 aliphatic heterocycles. The van der Waals surface area contributed by atoms with Crippen LogP contribution in [-0.4, -0.2) is 33.5 Å². The standard InChI is InChI=1S/C18H19FN2O2/c1-12-5-2-8-15(20-12)17(13-6-3-7-14(19)11-13)21-10-4-9-16(21)18(22)23/h2-3,5-8,11,16-17H,4,9-10H2,1H3,(H,22,23). The maximum atomic E-state index is 13.7. The lowest BCUT2D eigenvalue weighted by Gasteiger charge is -2.31. The summed E-state index contributed by atoms with van der Waals surface area (Å²) in [4.78, 5) is 18.1. The van der Waals surface area contributed by atoms with Crippen LogP contribution in [0.1, 0.15) is 35.8 Å². The summed E-state index contributed by atoms with van der Waals surface area (Å²) in [6.07, 6.45) is 1.42. The van der Waals surface area contributed by atoms with Crippen LogP contribution >= 0.6 is 0 Å². The molecule has 2 atom stereocenters. The van der Waals surface area contributed by atoms with Crippen molar-refractivity contribution in [3.8, 4) is 0 Å². The highest BCUT2D eigenvalue weighted by Gasteiger charge is 2.37. The summed E-state index contributed by atoms with van der Waals surface area (Å²) in [5, 5.41) is 9.50. The molecule has 4 nitrogen and oxygen atoms in total. The average Bonchev–Trinajstić information content (AvgIpc) is 2.97. The molecule has 0 aliphatic carbocycles. The van der Waals surface area contributed by atoms with E-state index in [-0.39, 0.29) is 11.9 Å². The molecule has 0 amide bonds. The fourth-order valence-corrected chi connectivity index (χ4v) is 3.29. The number of nitrogens with zero attached hydrogens (tertiary/aromatic N) is 2. The summed E-state index contributed by atoms with van der Waals surface area (Å²) >= 11 is 0. The third-order valence-corrected chi connectivity index (χ3v) is 4.27. The van der Waals surface area contributed by atoms with Crippen molar-refractivity contribution in [2.24, 2.45) is 0 Å². The molecule has 1 fully saturated rings. The summed E-state index contributed by atoms with van der Waals surface area (Å²) < 4.78 is 13.7. The van der Waals surface area contributed by atoms with Gasteiger partial charge in [-0.3, -0.25) is 14.7 Å². The van der Waals surface area contributed by atoms with Crippen LogP contribution in [0.15, 0.2) is 42.5 Å². The van der Waals surface area contributed by atoms with Gasteiger partial charge in [-0.1, -0.05) is 18.2 Å². The SMILES string of the molecule is Cc1cccc(C(c2cccc(F)c2)N2CCCC2C(=O)O)n1. The third kappa shape index (κ3) is 3.24. The van der Waals surface area contributed by atoms with Crippen molar-refractivity contribution < 1.29 is 14.3 Å². The second-order valence-electron chi connectivity index (χ2n) is 5.90. The molecule has 2 unspecified atom stereocenters. The van der Waals surface area contributed by atoms with Gasteiger partial charge in [-0.2, -0.15) is 0 Å². The molecule has 2 heterocycles. The topological polar surface area (TPSA) is 53.4 Å². The molecule has 1 aliphatic rings. The molecule has 23 heavy (non-hydrogen) atoms. The van der Waals surface area contributed by atoms with Gasteiger partial charge in [-0.15, -0.1) is 0 Å². The van der Waals surface area contributed by atoms with Crippen LogP contribution in [0.3, 0.4) is 0 Å². The summed E-state index contributed by atoms with van der Waals surface area (Å²) in [7, 11) is 0. The number of carbonyl (C=O) groups is 1. The van der Waals surface area contributed by atoms with Crippen molar-refractivity contribution in [3.05, 3.63) is 65.2 Å². The number of carboxylic acid groups (broad SMARTS) is 1. The van der Waals surface area contributed by atoms with Crippen molar-refractivity contribution >= 4 is 5.97 Å². The van der Waals surface area contributed by atoms with Gasteiger partial charge in [-0.05, 0) is 49.6 Å². The van der Waals surface area contributed by atoms with Crippen LogP contribution in [0, 0.1) is 12.7 Å². The largest absolute Gasteiger partial charge is 0.480 e. The van der Waals surface area contributed by atoms with Crippen molar-refractivity contribution in [1.82, 2.24) is 9.88 Å². The quantitative estimate of drug-likeness (QED) is 0.942. The molecule has 1 saturated heterocycles. The van der Waals surface area contributed by atoms with E-state index in [1.807, 2.05) is 36.1 Å². The molecule has 0 radical (unpaired) electrons. The van der Waals surface area contributed by atoms with Gasteiger partial charge in [0.15, 0.2) is 0 Å². The first-order chi connectivity index (χ1) is 11.1. The third-order valence-electron chi connectivity index (χ3n) is 4.27. The molecular formula is C18H19FN2O2. The zero-order valence-electron chi connectivity index (χ0n) is 12.9. The lowest BCUT2D eigenvalue weighted by atomic mass is 10.00. The Morgan fingerprint density at radius 3 is 2.83 bits per heavy atom. The molecule has 3 rings (SSSR count). The predicted octanol–water partition coefficient (Wildman–Crippen LogP) is 3.17. The van der Waals surface area contributed by atoms with E-state index in [9.17, 15) is 14.3 Å². The van der Waals surface area contributed by atoms with E-state index < -0.39 is 12.0 Å². The number of aliphatic carboxylic acids is 1. The lowest BCUT2D eigenvalue weighted by molar-refractivity contribution is -0.142. The van der Waals surface area contributed by atoms with Gasteiger partial charge < -0.3 is 5.11 Å². The number of aryl methyl sites for hydroxylation is 1. The van der Waals surface area contributed by atoms with E-state index in [0.717, 1.165) is 23.4 Å². The zero-order valence-corrected chi connectivity index (χ0v) is 12.9. The van der Waals surface area contributed by atoms with Gasteiger partial charge in [0.05, 0.1) is 11.7 Å². The molecule has 0 saturated carbocycles. The Kier molecular flexibility index (Phi) is 4.39. The van der Waals surface area contributed by atoms with E-state index in [0.29, 0.717) is 13.0 Å². The van der Waals surface area contributed by atoms with Crippen molar-refractivity contribution in [2.45, 2.75) is 31.8 Å². The Bertz CT molecular complexity index is 674. The first-order valence-corrected chi connectivity index (χ1v) is 7.74. The van der Waals surface area contributed by atoms with E-state index in [2.05, 4.69) is 4.98 Å². The number of benzene rings is 1. The summed E-state index contributed by atoms with van der Waals surface area (Å²) in [6, 6.07) is 11.1. The Morgan fingerprint density at radius 1 is 1.35 bits per heavy atom. The number of carboxylic acids is 1. The molecular weight excluding hydrogens is 295 g/mol. The number of halogens is 1. The van der Waals surface area contributed by atoms with Gasteiger partial charge >= 0.3 is 5.97 Å². The number of pyridine rings is 1. The summed E-state index contributed by atoms with van der Waals surface area (Å²) in [5.74, 6) is -1.16. The van der Waals surface area contributed by atoms with Crippen LogP contribution in [-0.2, 0) is 4.79 Å². The second kappa shape index (κ2) is 6.46. The number of likely N-dealkylation sites (tertiary alicyclic amines) is 1. The second-order valence-corrected chi connectivity index (χ2v) is 5.90. The van der Waals surface area contributed by atoms with Gasteiger partial charge in [0.2, 0.25) is 0 Å². The highest BCUT2D eigenvalue weighted by Crippen LogP contribution is 2.34. The van der Waals surface area contributed by atoms with E-state index in [1.54, 1.807) is 6.07 Å². The van der Waals surface area contributed by atoms with Crippen LogP contribution < -0.4 is 0 Å². The minimum Gasteiger partial charge on any atom is -0.480 e. The Labute approximate surface area is 134 Å². The predicted molar refractivity (Wildman–Crippen MR) is 84.6 cm³/mol. The van der Waals surface area contributed by atoms with Crippen molar-refractivity contribution in [2.75, 3.05) is 6.54 Å². The fourth-order valence-electron chi connectivity index (χ4n) is 3.29. The number of aromatic nitrogens is 1. The van der Waals surface area contributed by atoms with Crippen molar-refractivity contribution in [3.63, 3.8) is 0 Å². The maximum Gasteiger partial charge on any atom is 0.320 e. The number of hydrogen-bond donors (Lipinski definition) is 1. The number of hydrogen-bond acceptors (Lipinski definition) is 3. The molecule has 1 N–H and O–H groups in total. The highest BCUT2D eigenvalue weighted by molar-refractivity contribution is 5.74. The molecule has 1 aromatic heterocycles. The average molecular weight is 314 g/mol. The first-order valence-electron chi connectivity index (χ1n) is 7.74. The zero-order chi connectivity index (χ0) is 16.4. The molecule has 5 heteroatoms. The lowest BCUT2D eigenvalue weighted by Crippen LogP contribution is -2.39. The van der Waals surface area contributed by atoms with Crippen LogP contribution in [0.2, 0.25) is 0 Å². The minimum atomic E-state index is -0.837. The monoisotopic (exact) mass is 314 g/mol. The smallest absolute Gasteiger partial charge is 0.320 e. The molecule has 0 bridgehead atoms. The molecule has 0 spiro atoms. The Balaban J connectivity index is 2.08. The highest BCUT2D eigenvalue weighted by atomic mass is 19.1. The molecule has 2 aromatic rings. The summed E-state index contributed by atoms with van der Waals surface area (Å²) in [6.45, 7) is 2.55. The van der Waals surface area contributed by atoms with Crippen LogP contribution in [0.5, 0.6) is 0 Å². The normalized spacial score (nSPS) is 19.7. The number of rotatable bonds is 4. The van der Waals surface area contributed by atoms with Crippen molar-refractivity contribution in [1.29, 1.82) is 0 Å². The van der Waals surface area contributed by atoms with Crippen LogP contribution in [0.25, 0.3) is 0 Å². The van der Waals surface area contributed by atoms with Gasteiger partial charge in [0.25, 0.3) is 0 Å². The first kappa shape index (κ1) is 15.6. The molecule has 120 valence electrons. The van der Waals surface area contributed by atoms with E-state index in [4.69, 9.17) is 0 Å². The minimum absolute atomic E-state index is 0.328. The van der Waals surface area contributed by atoms with Gasteiger partial charge in [-0.25, -0.2) is 4.39 Å². The van der Waals surface area contributed by atoms with E-state index in [1.165, 1.54) is 12.1 Å². The summed E-state index contributed by atoms with van der Waals surface area (Å²) in [5.41, 5.74) is 2.34. The molecule has 1 aromatic carbocycles. The Hall–Kier alpha value is -2.27. The fraction of sp³-hybridized carbons (Fsp3) is 0.333. The van der Waals surface area contributed by atoms with Gasteiger partial charge in [0.1, 0.15) is 11.9 Å². The van der Waals surface area contributed by atoms with E-state index >= 15 is 0 Å². The van der Waals surface area contributed by atoms with Crippen LogP contribution in [0.4, 0.5) is 4.39 Å². The van der Waals surface area contributed by atoms with Gasteiger partial charge in [0, 0.05) is 12.2 Å². The Morgan fingerprint density at radius 2 is 2.13 bits per heavy atom. The maximum absolute atomic E-state index is 13.7.